The number of nitrogens with zero attached hydrogens (tertiary/aromatic N) is 1. The minimum atomic E-state index is -1.22. The van der Waals surface area contributed by atoms with Gasteiger partial charge in [0, 0.05) is 33.7 Å². The number of carbonyl (C=O) groups excluding carboxylic acids is 2. The standard InChI is InChI=1S/C12H23N3O6/c1-20-7-5-15(6-8-21-2)12(19)14-9(11(17)18)3-4-10(13)16/h9H,3-8H2,1-2H3,(H2,13,16)(H,14,19)(H,17,18). The van der Waals surface area contributed by atoms with Crippen molar-refractivity contribution in [2.75, 3.05) is 40.5 Å². The molecule has 0 aromatic heterocycles. The van der Waals surface area contributed by atoms with E-state index < -0.39 is 23.9 Å². The molecule has 0 heterocycles. The second kappa shape index (κ2) is 10.9. The van der Waals surface area contributed by atoms with Crippen LogP contribution in [0.5, 0.6) is 0 Å². The summed E-state index contributed by atoms with van der Waals surface area (Å²) in [5.41, 5.74) is 4.97. The van der Waals surface area contributed by atoms with Crippen molar-refractivity contribution in [3.05, 3.63) is 0 Å². The van der Waals surface area contributed by atoms with Gasteiger partial charge in [-0.15, -0.1) is 0 Å². The molecule has 3 amide bonds. The fourth-order valence-electron chi connectivity index (χ4n) is 1.50. The maximum atomic E-state index is 12.0. The number of carboxylic acids is 1. The molecule has 21 heavy (non-hydrogen) atoms. The molecule has 0 saturated carbocycles. The lowest BCUT2D eigenvalue weighted by atomic mass is 10.1. The Morgan fingerprint density at radius 1 is 1.19 bits per heavy atom. The first kappa shape index (κ1) is 19.1. The van der Waals surface area contributed by atoms with Gasteiger partial charge in [-0.3, -0.25) is 4.79 Å². The molecule has 0 fully saturated rings. The Kier molecular flexibility index (Phi) is 9.90. The lowest BCUT2D eigenvalue weighted by Crippen LogP contribution is -2.49. The van der Waals surface area contributed by atoms with Crippen LogP contribution in [0.3, 0.4) is 0 Å². The molecule has 0 rings (SSSR count). The fraction of sp³-hybridized carbons (Fsp3) is 0.750. The zero-order chi connectivity index (χ0) is 16.3. The van der Waals surface area contributed by atoms with E-state index in [-0.39, 0.29) is 12.8 Å². The highest BCUT2D eigenvalue weighted by molar-refractivity contribution is 5.83. The Morgan fingerprint density at radius 3 is 2.10 bits per heavy atom. The summed E-state index contributed by atoms with van der Waals surface area (Å²) in [6, 6.07) is -1.72. The molecule has 0 aromatic carbocycles. The SMILES string of the molecule is COCCN(CCOC)C(=O)NC(CCC(N)=O)C(=O)O. The average molecular weight is 305 g/mol. The molecule has 9 nitrogen and oxygen atoms in total. The van der Waals surface area contributed by atoms with Gasteiger partial charge in [-0.05, 0) is 6.42 Å². The van der Waals surface area contributed by atoms with Gasteiger partial charge in [-0.25, -0.2) is 9.59 Å². The summed E-state index contributed by atoms with van der Waals surface area (Å²) in [6.07, 6.45) is -0.174. The number of carboxylic acid groups (broad SMARTS) is 1. The zero-order valence-corrected chi connectivity index (χ0v) is 12.3. The third kappa shape index (κ3) is 8.82. The number of carbonyl (C=O) groups is 3. The Morgan fingerprint density at radius 2 is 1.71 bits per heavy atom. The zero-order valence-electron chi connectivity index (χ0n) is 12.3. The van der Waals surface area contributed by atoms with Gasteiger partial charge >= 0.3 is 12.0 Å². The maximum absolute atomic E-state index is 12.0. The lowest BCUT2D eigenvalue weighted by molar-refractivity contribution is -0.139. The van der Waals surface area contributed by atoms with Crippen LogP contribution in [0.25, 0.3) is 0 Å². The van der Waals surface area contributed by atoms with E-state index in [0.29, 0.717) is 26.3 Å². The first-order valence-corrected chi connectivity index (χ1v) is 6.46. The van der Waals surface area contributed by atoms with Crippen molar-refractivity contribution >= 4 is 17.9 Å². The monoisotopic (exact) mass is 305 g/mol. The maximum Gasteiger partial charge on any atom is 0.326 e. The van der Waals surface area contributed by atoms with Crippen LogP contribution >= 0.6 is 0 Å². The number of amides is 3. The second-order valence-electron chi connectivity index (χ2n) is 4.32. The van der Waals surface area contributed by atoms with Gasteiger partial charge in [0.05, 0.1) is 13.2 Å². The molecule has 1 unspecified atom stereocenters. The topological polar surface area (TPSA) is 131 Å². The van der Waals surface area contributed by atoms with E-state index >= 15 is 0 Å². The number of rotatable bonds is 11. The molecular weight excluding hydrogens is 282 g/mol. The summed E-state index contributed by atoms with van der Waals surface area (Å²) in [4.78, 5) is 35.2. The molecule has 0 aliphatic heterocycles. The highest BCUT2D eigenvalue weighted by atomic mass is 16.5. The van der Waals surface area contributed by atoms with E-state index in [1.807, 2.05) is 0 Å². The van der Waals surface area contributed by atoms with Crippen LogP contribution in [0.15, 0.2) is 0 Å². The summed E-state index contributed by atoms with van der Waals surface area (Å²) >= 11 is 0. The molecule has 9 heteroatoms. The second-order valence-corrected chi connectivity index (χ2v) is 4.32. The average Bonchev–Trinajstić information content (AvgIpc) is 2.42. The molecule has 0 radical (unpaired) electrons. The predicted octanol–water partition coefficient (Wildman–Crippen LogP) is -0.990. The largest absolute Gasteiger partial charge is 0.480 e. The quantitative estimate of drug-likeness (QED) is 0.449. The summed E-state index contributed by atoms with van der Waals surface area (Å²) < 4.78 is 9.79. The molecule has 0 saturated heterocycles. The van der Waals surface area contributed by atoms with Crippen LogP contribution in [0.2, 0.25) is 0 Å². The highest BCUT2D eigenvalue weighted by Gasteiger charge is 2.23. The van der Waals surface area contributed by atoms with Crippen LogP contribution in [0, 0.1) is 0 Å². The van der Waals surface area contributed by atoms with Crippen LogP contribution in [0.4, 0.5) is 4.79 Å². The van der Waals surface area contributed by atoms with Crippen molar-refractivity contribution in [1.82, 2.24) is 10.2 Å². The number of hydrogen-bond acceptors (Lipinski definition) is 5. The number of urea groups is 1. The van der Waals surface area contributed by atoms with Crippen LogP contribution in [-0.4, -0.2) is 74.5 Å². The van der Waals surface area contributed by atoms with E-state index in [1.54, 1.807) is 0 Å². The number of methoxy groups -OCH3 is 2. The number of nitrogens with one attached hydrogen (secondary N) is 1. The van der Waals surface area contributed by atoms with Gasteiger partial charge in [-0.1, -0.05) is 0 Å². The minimum absolute atomic E-state index is 0.0567. The summed E-state index contributed by atoms with van der Waals surface area (Å²) in [5, 5.41) is 11.4. The first-order chi connectivity index (χ1) is 9.92. The lowest BCUT2D eigenvalue weighted by Gasteiger charge is -2.24. The Bertz CT molecular complexity index is 342. The van der Waals surface area contributed by atoms with E-state index in [1.165, 1.54) is 19.1 Å². The Labute approximate surface area is 123 Å². The van der Waals surface area contributed by atoms with Crippen molar-refractivity contribution in [1.29, 1.82) is 0 Å². The molecule has 4 N–H and O–H groups in total. The van der Waals surface area contributed by atoms with E-state index in [4.69, 9.17) is 20.3 Å². The van der Waals surface area contributed by atoms with E-state index in [0.717, 1.165) is 0 Å². The number of hydrogen-bond donors (Lipinski definition) is 3. The van der Waals surface area contributed by atoms with Gasteiger partial charge in [0.15, 0.2) is 0 Å². The molecule has 0 aliphatic rings. The molecule has 0 aromatic rings. The Hall–Kier alpha value is -1.87. The van der Waals surface area contributed by atoms with Crippen molar-refractivity contribution in [3.63, 3.8) is 0 Å². The summed E-state index contributed by atoms with van der Waals surface area (Å²) in [5.74, 6) is -1.84. The van der Waals surface area contributed by atoms with Gasteiger partial charge in [0.2, 0.25) is 5.91 Å². The smallest absolute Gasteiger partial charge is 0.326 e. The van der Waals surface area contributed by atoms with Gasteiger partial charge < -0.3 is 30.5 Å². The van der Waals surface area contributed by atoms with Crippen LogP contribution in [0.1, 0.15) is 12.8 Å². The molecule has 1 atom stereocenters. The first-order valence-electron chi connectivity index (χ1n) is 6.46. The minimum Gasteiger partial charge on any atom is -0.480 e. The number of ether oxygens (including phenoxy) is 2. The molecule has 0 bridgehead atoms. The van der Waals surface area contributed by atoms with Crippen molar-refractivity contribution in [2.24, 2.45) is 5.73 Å². The Balaban J connectivity index is 4.56. The van der Waals surface area contributed by atoms with E-state index in [9.17, 15) is 14.4 Å². The molecular formula is C12H23N3O6. The number of aliphatic carboxylic acids is 1. The van der Waals surface area contributed by atoms with Gasteiger partial charge in [0.25, 0.3) is 0 Å². The van der Waals surface area contributed by atoms with Crippen LogP contribution in [-0.2, 0) is 19.1 Å². The summed E-state index contributed by atoms with van der Waals surface area (Å²) in [7, 11) is 3.00. The summed E-state index contributed by atoms with van der Waals surface area (Å²) in [6.45, 7) is 1.23. The van der Waals surface area contributed by atoms with Crippen molar-refractivity contribution < 1.29 is 29.0 Å². The van der Waals surface area contributed by atoms with Crippen molar-refractivity contribution in [2.45, 2.75) is 18.9 Å². The third-order valence-corrected chi connectivity index (χ3v) is 2.69. The van der Waals surface area contributed by atoms with Gasteiger partial charge in [0.1, 0.15) is 6.04 Å². The molecule has 122 valence electrons. The van der Waals surface area contributed by atoms with Gasteiger partial charge in [-0.2, -0.15) is 0 Å². The highest BCUT2D eigenvalue weighted by Crippen LogP contribution is 2.00. The molecule has 0 aliphatic carbocycles. The fourth-order valence-corrected chi connectivity index (χ4v) is 1.50. The predicted molar refractivity (Wildman–Crippen MR) is 73.7 cm³/mol. The van der Waals surface area contributed by atoms with E-state index in [2.05, 4.69) is 5.32 Å². The normalized spacial score (nSPS) is 11.7. The third-order valence-electron chi connectivity index (χ3n) is 2.69. The van der Waals surface area contributed by atoms with Crippen molar-refractivity contribution in [3.8, 4) is 0 Å². The van der Waals surface area contributed by atoms with Crippen LogP contribution < -0.4 is 11.1 Å². The number of primary amides is 1. The molecule has 0 spiro atoms. The number of nitrogens with two attached hydrogens (primary N) is 1.